The van der Waals surface area contributed by atoms with Gasteiger partial charge >= 0.3 is 0 Å². The molecule has 0 bridgehead atoms. The van der Waals surface area contributed by atoms with Gasteiger partial charge in [-0.2, -0.15) is 0 Å². The largest absolute Gasteiger partial charge is 0.349 e. The van der Waals surface area contributed by atoms with E-state index < -0.39 is 0 Å². The van der Waals surface area contributed by atoms with Gasteiger partial charge in [-0.3, -0.25) is 9.78 Å². The molecule has 0 aliphatic carbocycles. The smallest absolute Gasteiger partial charge is 0.223 e. The second kappa shape index (κ2) is 4.67. The zero-order valence-electron chi connectivity index (χ0n) is 9.80. The summed E-state index contributed by atoms with van der Waals surface area (Å²) in [7, 11) is 3.50. The minimum atomic E-state index is 0.0929. The van der Waals surface area contributed by atoms with Crippen LogP contribution < -0.4 is 0 Å². The maximum atomic E-state index is 11.5. The van der Waals surface area contributed by atoms with Gasteiger partial charge in [-0.25, -0.2) is 0 Å². The number of imidazole rings is 1. The van der Waals surface area contributed by atoms with Crippen molar-refractivity contribution in [2.45, 2.75) is 13.0 Å². The summed E-state index contributed by atoms with van der Waals surface area (Å²) in [5.41, 5.74) is 1.88. The van der Waals surface area contributed by atoms with Crippen LogP contribution in [0.2, 0.25) is 0 Å². The minimum absolute atomic E-state index is 0.0929. The van der Waals surface area contributed by atoms with E-state index in [0.717, 1.165) is 11.0 Å². The molecule has 2 aromatic rings. The third-order valence-corrected chi connectivity index (χ3v) is 2.95. The Hall–Kier alpha value is -1.69. The molecule has 1 amide bonds. The average Bonchev–Trinajstić information content (AvgIpc) is 2.61. The van der Waals surface area contributed by atoms with Crippen molar-refractivity contribution in [1.82, 2.24) is 19.4 Å². The van der Waals surface area contributed by atoms with Crippen molar-refractivity contribution in [3.05, 3.63) is 23.2 Å². The van der Waals surface area contributed by atoms with E-state index in [2.05, 4.69) is 9.97 Å². The van der Waals surface area contributed by atoms with Gasteiger partial charge in [0.1, 0.15) is 0 Å². The number of nitrogens with zero attached hydrogens (tertiary/aromatic N) is 3. The van der Waals surface area contributed by atoms with Crippen LogP contribution in [-0.2, 0) is 11.3 Å². The number of hydrogen-bond donors (Lipinski definition) is 1. The Morgan fingerprint density at radius 2 is 2.35 bits per heavy atom. The summed E-state index contributed by atoms with van der Waals surface area (Å²) in [4.78, 5) is 20.2. The standard InChI is InChI=1S/C11H14N4OS/c1-14(2)10(16)4-6-15-9-3-5-12-7-8(9)13-11(15)17/h3,5,7H,4,6H2,1-2H3,(H,13,17). The summed E-state index contributed by atoms with van der Waals surface area (Å²) in [6.45, 7) is 0.583. The number of rotatable bonds is 3. The first kappa shape index (κ1) is 11.8. The van der Waals surface area contributed by atoms with Gasteiger partial charge in [0.25, 0.3) is 0 Å². The van der Waals surface area contributed by atoms with Crippen LogP contribution in [0.4, 0.5) is 0 Å². The number of fused-ring (bicyclic) bond motifs is 1. The van der Waals surface area contributed by atoms with Crippen molar-refractivity contribution in [3.63, 3.8) is 0 Å². The number of aryl methyl sites for hydroxylation is 1. The van der Waals surface area contributed by atoms with Gasteiger partial charge in [-0.05, 0) is 18.3 Å². The molecule has 0 aliphatic heterocycles. The second-order valence-corrected chi connectivity index (χ2v) is 4.40. The monoisotopic (exact) mass is 250 g/mol. The first-order chi connectivity index (χ1) is 8.09. The summed E-state index contributed by atoms with van der Waals surface area (Å²) >= 11 is 5.23. The molecule has 0 atom stereocenters. The maximum Gasteiger partial charge on any atom is 0.223 e. The second-order valence-electron chi connectivity index (χ2n) is 4.01. The molecule has 0 spiro atoms. The highest BCUT2D eigenvalue weighted by molar-refractivity contribution is 7.71. The molecular formula is C11H14N4OS. The van der Waals surface area contributed by atoms with Crippen LogP contribution >= 0.6 is 12.2 Å². The van der Waals surface area contributed by atoms with Crippen LogP contribution in [0.25, 0.3) is 11.0 Å². The van der Waals surface area contributed by atoms with Gasteiger partial charge < -0.3 is 14.5 Å². The molecular weight excluding hydrogens is 236 g/mol. The quantitative estimate of drug-likeness (QED) is 0.841. The van der Waals surface area contributed by atoms with E-state index in [1.54, 1.807) is 31.4 Å². The lowest BCUT2D eigenvalue weighted by atomic mass is 10.3. The molecule has 17 heavy (non-hydrogen) atoms. The van der Waals surface area contributed by atoms with Crippen LogP contribution in [-0.4, -0.2) is 39.4 Å². The van der Waals surface area contributed by atoms with Crippen molar-refractivity contribution >= 4 is 29.2 Å². The number of nitrogens with one attached hydrogen (secondary N) is 1. The number of pyridine rings is 1. The number of carbonyl (C=O) groups is 1. The predicted octanol–water partition coefficient (Wildman–Crippen LogP) is 1.57. The first-order valence-electron chi connectivity index (χ1n) is 5.32. The molecule has 0 aromatic carbocycles. The highest BCUT2D eigenvalue weighted by Crippen LogP contribution is 2.12. The van der Waals surface area contributed by atoms with Crippen LogP contribution in [0.1, 0.15) is 6.42 Å². The van der Waals surface area contributed by atoms with Crippen molar-refractivity contribution in [2.75, 3.05) is 14.1 Å². The Labute approximate surface area is 104 Å². The fourth-order valence-corrected chi connectivity index (χ4v) is 1.96. The Morgan fingerprint density at radius 1 is 1.59 bits per heavy atom. The SMILES string of the molecule is CN(C)C(=O)CCn1c(=S)[nH]c2cnccc21. The average molecular weight is 250 g/mol. The Bertz CT molecular complexity index is 599. The summed E-state index contributed by atoms with van der Waals surface area (Å²) in [5.74, 6) is 0.0929. The van der Waals surface area contributed by atoms with Gasteiger partial charge in [-0.15, -0.1) is 0 Å². The highest BCUT2D eigenvalue weighted by atomic mass is 32.1. The lowest BCUT2D eigenvalue weighted by Gasteiger charge is -2.10. The molecule has 2 rings (SSSR count). The Kier molecular flexibility index (Phi) is 3.23. The van der Waals surface area contributed by atoms with Gasteiger partial charge in [0.2, 0.25) is 5.91 Å². The van der Waals surface area contributed by atoms with E-state index in [-0.39, 0.29) is 5.91 Å². The van der Waals surface area contributed by atoms with E-state index in [0.29, 0.717) is 17.7 Å². The van der Waals surface area contributed by atoms with Crippen LogP contribution in [0.3, 0.4) is 0 Å². The van der Waals surface area contributed by atoms with Crippen LogP contribution in [0.5, 0.6) is 0 Å². The number of H-pyrrole nitrogens is 1. The Balaban J connectivity index is 2.27. The zero-order valence-corrected chi connectivity index (χ0v) is 10.6. The van der Waals surface area contributed by atoms with Crippen molar-refractivity contribution in [2.24, 2.45) is 0 Å². The molecule has 0 saturated carbocycles. The molecule has 0 aliphatic rings. The van der Waals surface area contributed by atoms with E-state index in [1.807, 2.05) is 10.6 Å². The zero-order chi connectivity index (χ0) is 12.4. The van der Waals surface area contributed by atoms with Crippen molar-refractivity contribution in [3.8, 4) is 0 Å². The lowest BCUT2D eigenvalue weighted by Crippen LogP contribution is -2.22. The molecule has 2 aromatic heterocycles. The van der Waals surface area contributed by atoms with Gasteiger partial charge in [0, 0.05) is 33.3 Å². The van der Waals surface area contributed by atoms with E-state index in [1.165, 1.54) is 0 Å². The van der Waals surface area contributed by atoms with Gasteiger partial charge in [-0.1, -0.05) is 0 Å². The number of aromatic nitrogens is 3. The molecule has 0 saturated heterocycles. The summed E-state index contributed by atoms with van der Waals surface area (Å²) < 4.78 is 2.55. The Morgan fingerprint density at radius 3 is 3.06 bits per heavy atom. The molecule has 0 radical (unpaired) electrons. The number of carbonyl (C=O) groups excluding carboxylic acids is 1. The number of amides is 1. The topological polar surface area (TPSA) is 53.9 Å². The summed E-state index contributed by atoms with van der Waals surface area (Å²) in [5, 5.41) is 0. The number of hydrogen-bond acceptors (Lipinski definition) is 3. The fourth-order valence-electron chi connectivity index (χ4n) is 1.66. The predicted molar refractivity (Wildman–Crippen MR) is 68.2 cm³/mol. The maximum absolute atomic E-state index is 11.5. The van der Waals surface area contributed by atoms with E-state index in [9.17, 15) is 4.79 Å². The molecule has 6 heteroatoms. The minimum Gasteiger partial charge on any atom is -0.349 e. The van der Waals surface area contributed by atoms with Crippen LogP contribution in [0.15, 0.2) is 18.5 Å². The molecule has 2 heterocycles. The van der Waals surface area contributed by atoms with Crippen molar-refractivity contribution < 1.29 is 4.79 Å². The van der Waals surface area contributed by atoms with Crippen LogP contribution in [0, 0.1) is 4.77 Å². The van der Waals surface area contributed by atoms with E-state index >= 15 is 0 Å². The lowest BCUT2D eigenvalue weighted by molar-refractivity contribution is -0.128. The van der Waals surface area contributed by atoms with Crippen molar-refractivity contribution in [1.29, 1.82) is 0 Å². The molecule has 0 fully saturated rings. The molecule has 1 N–H and O–H groups in total. The number of aromatic amines is 1. The normalized spacial score (nSPS) is 10.7. The third kappa shape index (κ3) is 2.36. The fraction of sp³-hybridized carbons (Fsp3) is 0.364. The molecule has 0 unspecified atom stereocenters. The molecule has 5 nitrogen and oxygen atoms in total. The van der Waals surface area contributed by atoms with Gasteiger partial charge in [0.15, 0.2) is 4.77 Å². The van der Waals surface area contributed by atoms with E-state index in [4.69, 9.17) is 12.2 Å². The highest BCUT2D eigenvalue weighted by Gasteiger charge is 2.07. The first-order valence-corrected chi connectivity index (χ1v) is 5.73. The van der Waals surface area contributed by atoms with Gasteiger partial charge in [0.05, 0.1) is 17.2 Å². The summed E-state index contributed by atoms with van der Waals surface area (Å²) in [6, 6.07) is 1.89. The third-order valence-electron chi connectivity index (χ3n) is 2.62. The summed E-state index contributed by atoms with van der Waals surface area (Å²) in [6.07, 6.45) is 3.89. The molecule has 90 valence electrons.